The molecule has 0 fully saturated rings. The van der Waals surface area contributed by atoms with Crippen LogP contribution >= 0.6 is 11.6 Å². The molecular weight excluding hydrogens is 226 g/mol. The van der Waals surface area contributed by atoms with Crippen LogP contribution in [0.5, 0.6) is 0 Å². The van der Waals surface area contributed by atoms with Crippen LogP contribution in [-0.4, -0.2) is 29.0 Å². The van der Waals surface area contributed by atoms with Crippen molar-refractivity contribution in [3.63, 3.8) is 0 Å². The Balaban J connectivity index is 2.48. The predicted octanol–water partition coefficient (Wildman–Crippen LogP) is 1.90. The second kappa shape index (κ2) is 6.23. The largest absolute Gasteiger partial charge is 0.380 e. The Bertz CT molecular complexity index is 338. The molecule has 0 aliphatic carbocycles. The van der Waals surface area contributed by atoms with E-state index in [2.05, 4.69) is 17.3 Å². The highest BCUT2D eigenvalue weighted by Gasteiger charge is 2.11. The fourth-order valence-electron chi connectivity index (χ4n) is 1.50. The minimum absolute atomic E-state index is 0.315. The lowest BCUT2D eigenvalue weighted by atomic mass is 10.2. The molecule has 0 bridgehead atoms. The summed E-state index contributed by atoms with van der Waals surface area (Å²) >= 11 is 6.13. The number of hydrogen-bond acceptors (Lipinski definition) is 3. The Morgan fingerprint density at radius 3 is 2.75 bits per heavy atom. The average Bonchev–Trinajstić information content (AvgIpc) is 2.48. The summed E-state index contributed by atoms with van der Waals surface area (Å²) in [5.41, 5.74) is 2.04. The van der Waals surface area contributed by atoms with Crippen molar-refractivity contribution in [3.05, 3.63) is 16.4 Å². The fourth-order valence-corrected chi connectivity index (χ4v) is 1.75. The molecule has 1 aromatic rings. The standard InChI is InChI=1S/C11H20ClN3O/c1-5-16-7-8(2)13-6-10-9(3)14-15(4)11(10)12/h8,13H,5-7H2,1-4H3. The van der Waals surface area contributed by atoms with Crippen molar-refractivity contribution >= 4 is 11.6 Å². The van der Waals surface area contributed by atoms with Crippen LogP contribution in [0.4, 0.5) is 0 Å². The molecule has 0 saturated heterocycles. The molecule has 0 aromatic carbocycles. The molecule has 1 N–H and O–H groups in total. The van der Waals surface area contributed by atoms with Crippen molar-refractivity contribution in [1.82, 2.24) is 15.1 Å². The zero-order valence-electron chi connectivity index (χ0n) is 10.4. The van der Waals surface area contributed by atoms with E-state index in [0.29, 0.717) is 17.8 Å². The monoisotopic (exact) mass is 245 g/mol. The maximum Gasteiger partial charge on any atom is 0.131 e. The summed E-state index contributed by atoms with van der Waals surface area (Å²) < 4.78 is 7.03. The molecule has 0 aliphatic heterocycles. The summed E-state index contributed by atoms with van der Waals surface area (Å²) in [7, 11) is 1.85. The lowest BCUT2D eigenvalue weighted by molar-refractivity contribution is 0.127. The molecule has 1 unspecified atom stereocenters. The molecule has 1 atom stereocenters. The number of nitrogens with zero attached hydrogens (tertiary/aromatic N) is 2. The molecule has 1 aromatic heterocycles. The van der Waals surface area contributed by atoms with E-state index in [-0.39, 0.29) is 0 Å². The predicted molar refractivity (Wildman–Crippen MR) is 65.7 cm³/mol. The van der Waals surface area contributed by atoms with E-state index >= 15 is 0 Å². The summed E-state index contributed by atoms with van der Waals surface area (Å²) in [6.45, 7) is 8.25. The quantitative estimate of drug-likeness (QED) is 0.832. The van der Waals surface area contributed by atoms with Crippen LogP contribution in [0.15, 0.2) is 0 Å². The number of hydrogen-bond donors (Lipinski definition) is 1. The summed E-state index contributed by atoms with van der Waals surface area (Å²) in [4.78, 5) is 0. The molecule has 1 heterocycles. The van der Waals surface area contributed by atoms with Gasteiger partial charge in [0.25, 0.3) is 0 Å². The van der Waals surface area contributed by atoms with E-state index in [1.165, 1.54) is 0 Å². The van der Waals surface area contributed by atoms with Crippen LogP contribution in [-0.2, 0) is 18.3 Å². The lowest BCUT2D eigenvalue weighted by Gasteiger charge is -2.13. The van der Waals surface area contributed by atoms with Crippen molar-refractivity contribution in [2.45, 2.75) is 33.4 Å². The first kappa shape index (κ1) is 13.5. The van der Waals surface area contributed by atoms with Crippen LogP contribution in [0, 0.1) is 6.92 Å². The van der Waals surface area contributed by atoms with Crippen LogP contribution in [0.25, 0.3) is 0 Å². The van der Waals surface area contributed by atoms with Gasteiger partial charge in [-0.3, -0.25) is 4.68 Å². The van der Waals surface area contributed by atoms with E-state index < -0.39 is 0 Å². The van der Waals surface area contributed by atoms with Gasteiger partial charge >= 0.3 is 0 Å². The van der Waals surface area contributed by atoms with Gasteiger partial charge < -0.3 is 10.1 Å². The Kier molecular flexibility index (Phi) is 5.25. The number of aromatic nitrogens is 2. The highest BCUT2D eigenvalue weighted by Crippen LogP contribution is 2.18. The van der Waals surface area contributed by atoms with Gasteiger partial charge in [-0.15, -0.1) is 0 Å². The third-order valence-corrected chi connectivity index (χ3v) is 2.94. The molecular formula is C11H20ClN3O. The third kappa shape index (κ3) is 3.47. The molecule has 16 heavy (non-hydrogen) atoms. The van der Waals surface area contributed by atoms with Crippen LogP contribution < -0.4 is 5.32 Å². The number of halogens is 1. The van der Waals surface area contributed by atoms with Crippen LogP contribution in [0.2, 0.25) is 5.15 Å². The summed E-state index contributed by atoms with van der Waals surface area (Å²) in [5, 5.41) is 8.33. The SMILES string of the molecule is CCOCC(C)NCc1c(C)nn(C)c1Cl. The summed E-state index contributed by atoms with van der Waals surface area (Å²) in [5.74, 6) is 0. The maximum atomic E-state index is 6.13. The van der Waals surface area contributed by atoms with Gasteiger partial charge in [-0.25, -0.2) is 0 Å². The first-order valence-electron chi connectivity index (χ1n) is 5.55. The molecule has 4 nitrogen and oxygen atoms in total. The number of ether oxygens (including phenoxy) is 1. The Hall–Kier alpha value is -0.580. The number of nitrogens with one attached hydrogen (secondary N) is 1. The molecule has 92 valence electrons. The molecule has 0 radical (unpaired) electrons. The average molecular weight is 246 g/mol. The van der Waals surface area contributed by atoms with Crippen LogP contribution in [0.3, 0.4) is 0 Å². The molecule has 0 saturated carbocycles. The Labute approximate surface area is 102 Å². The highest BCUT2D eigenvalue weighted by atomic mass is 35.5. The van der Waals surface area contributed by atoms with Crippen molar-refractivity contribution in [2.24, 2.45) is 7.05 Å². The first-order chi connectivity index (χ1) is 7.56. The van der Waals surface area contributed by atoms with Gasteiger partial charge in [0, 0.05) is 31.8 Å². The molecule has 0 aliphatic rings. The fraction of sp³-hybridized carbons (Fsp3) is 0.727. The smallest absolute Gasteiger partial charge is 0.131 e. The van der Waals surface area contributed by atoms with Gasteiger partial charge in [0.2, 0.25) is 0 Å². The molecule has 0 spiro atoms. The molecule has 5 heteroatoms. The van der Waals surface area contributed by atoms with E-state index in [9.17, 15) is 0 Å². The second-order valence-corrected chi connectivity index (χ2v) is 4.28. The van der Waals surface area contributed by atoms with Crippen molar-refractivity contribution in [3.8, 4) is 0 Å². The lowest BCUT2D eigenvalue weighted by Crippen LogP contribution is -2.30. The third-order valence-electron chi connectivity index (χ3n) is 2.47. The zero-order valence-corrected chi connectivity index (χ0v) is 11.1. The first-order valence-corrected chi connectivity index (χ1v) is 5.93. The molecule has 1 rings (SSSR count). The minimum atomic E-state index is 0.315. The summed E-state index contributed by atoms with van der Waals surface area (Å²) in [6, 6.07) is 0.315. The number of rotatable bonds is 6. The zero-order chi connectivity index (χ0) is 12.1. The van der Waals surface area contributed by atoms with Crippen molar-refractivity contribution < 1.29 is 4.74 Å². The van der Waals surface area contributed by atoms with Gasteiger partial charge in [-0.1, -0.05) is 11.6 Å². The minimum Gasteiger partial charge on any atom is -0.380 e. The van der Waals surface area contributed by atoms with Crippen LogP contribution in [0.1, 0.15) is 25.1 Å². The Morgan fingerprint density at radius 1 is 1.56 bits per heavy atom. The van der Waals surface area contributed by atoms with E-state index in [4.69, 9.17) is 16.3 Å². The van der Waals surface area contributed by atoms with Gasteiger partial charge in [0.1, 0.15) is 5.15 Å². The molecule has 0 amide bonds. The normalized spacial score (nSPS) is 13.1. The van der Waals surface area contributed by atoms with Gasteiger partial charge in [0.05, 0.1) is 12.3 Å². The topological polar surface area (TPSA) is 39.1 Å². The van der Waals surface area contributed by atoms with Gasteiger partial charge in [0.15, 0.2) is 0 Å². The second-order valence-electron chi connectivity index (χ2n) is 3.92. The van der Waals surface area contributed by atoms with E-state index in [1.807, 2.05) is 20.9 Å². The van der Waals surface area contributed by atoms with Gasteiger partial charge in [-0.05, 0) is 20.8 Å². The summed E-state index contributed by atoms with van der Waals surface area (Å²) in [6.07, 6.45) is 0. The van der Waals surface area contributed by atoms with Crippen molar-refractivity contribution in [1.29, 1.82) is 0 Å². The Morgan fingerprint density at radius 2 is 2.25 bits per heavy atom. The maximum absolute atomic E-state index is 6.13. The van der Waals surface area contributed by atoms with Gasteiger partial charge in [-0.2, -0.15) is 5.10 Å². The number of aryl methyl sites for hydroxylation is 2. The highest BCUT2D eigenvalue weighted by molar-refractivity contribution is 6.30. The van der Waals surface area contributed by atoms with E-state index in [0.717, 1.165) is 24.4 Å². The van der Waals surface area contributed by atoms with Crippen molar-refractivity contribution in [2.75, 3.05) is 13.2 Å². The van der Waals surface area contributed by atoms with E-state index in [1.54, 1.807) is 4.68 Å².